The zero-order valence-electron chi connectivity index (χ0n) is 16.2. The van der Waals surface area contributed by atoms with E-state index in [1.807, 2.05) is 54.6 Å². The number of carbonyl (C=O) groups excluding carboxylic acids is 1. The van der Waals surface area contributed by atoms with Crippen molar-refractivity contribution < 1.29 is 14.1 Å². The van der Waals surface area contributed by atoms with Gasteiger partial charge in [-0.1, -0.05) is 54.6 Å². The number of carbonyl (C=O) groups is 1. The predicted molar refractivity (Wildman–Crippen MR) is 115 cm³/mol. The minimum absolute atomic E-state index is 0.0641. The van der Waals surface area contributed by atoms with Crippen LogP contribution in [0.25, 0.3) is 22.5 Å². The molecule has 0 aliphatic carbocycles. The van der Waals surface area contributed by atoms with E-state index in [1.165, 1.54) is 12.1 Å². The predicted octanol–water partition coefficient (Wildman–Crippen LogP) is 6.08. The topological polar surface area (TPSA) is 85.4 Å². The lowest BCUT2D eigenvalue weighted by Crippen LogP contribution is -2.11. The van der Waals surface area contributed by atoms with Crippen LogP contribution in [0, 0.1) is 17.0 Å². The molecule has 1 N–H and O–H groups in total. The maximum absolute atomic E-state index is 12.8. The van der Waals surface area contributed by atoms with Gasteiger partial charge in [0.05, 0.1) is 10.5 Å². The Balaban J connectivity index is 1.62. The zero-order chi connectivity index (χ0) is 21.1. The molecule has 6 heteroatoms. The van der Waals surface area contributed by atoms with Gasteiger partial charge in [0.2, 0.25) is 0 Å². The molecule has 1 aromatic heterocycles. The fraction of sp³-hybridized carbons (Fsp3) is 0.0417. The summed E-state index contributed by atoms with van der Waals surface area (Å²) in [6, 6.07) is 25.1. The van der Waals surface area contributed by atoms with Crippen molar-refractivity contribution in [1.29, 1.82) is 0 Å². The molecular formula is C24H18N2O4. The summed E-state index contributed by atoms with van der Waals surface area (Å²) in [5.41, 5.74) is 3.54. The van der Waals surface area contributed by atoms with Crippen LogP contribution in [0.15, 0.2) is 89.3 Å². The van der Waals surface area contributed by atoms with Gasteiger partial charge in [-0.25, -0.2) is 0 Å². The molecule has 6 nitrogen and oxygen atoms in total. The van der Waals surface area contributed by atoms with Crippen molar-refractivity contribution in [2.24, 2.45) is 0 Å². The lowest BCUT2D eigenvalue weighted by Gasteiger charge is -2.10. The standard InChI is InChI=1S/C24H18N2O4/c1-16-11-12-19(21(15-16)26(28)29)22-13-14-23(30-22)24(27)25-20-10-6-5-9-18(20)17-7-3-2-4-8-17/h2-15H,1H3,(H,25,27). The van der Waals surface area contributed by atoms with Crippen LogP contribution in [0.4, 0.5) is 11.4 Å². The van der Waals surface area contributed by atoms with Gasteiger partial charge in [-0.15, -0.1) is 0 Å². The summed E-state index contributed by atoms with van der Waals surface area (Å²) in [4.78, 5) is 23.7. The second-order valence-corrected chi connectivity index (χ2v) is 6.81. The van der Waals surface area contributed by atoms with E-state index < -0.39 is 10.8 Å². The highest BCUT2D eigenvalue weighted by atomic mass is 16.6. The number of hydrogen-bond donors (Lipinski definition) is 1. The van der Waals surface area contributed by atoms with Gasteiger partial charge < -0.3 is 9.73 Å². The zero-order valence-corrected chi connectivity index (χ0v) is 16.2. The number of para-hydroxylation sites is 1. The lowest BCUT2D eigenvalue weighted by atomic mass is 10.0. The van der Waals surface area contributed by atoms with Crippen LogP contribution in [-0.2, 0) is 0 Å². The largest absolute Gasteiger partial charge is 0.451 e. The van der Waals surface area contributed by atoms with Crippen LogP contribution in [0.2, 0.25) is 0 Å². The summed E-state index contributed by atoms with van der Waals surface area (Å²) >= 11 is 0. The molecule has 0 atom stereocenters. The summed E-state index contributed by atoms with van der Waals surface area (Å²) in [5, 5.41) is 14.3. The molecule has 4 rings (SSSR count). The van der Waals surface area contributed by atoms with E-state index in [9.17, 15) is 14.9 Å². The average Bonchev–Trinajstić information content (AvgIpc) is 3.25. The normalized spacial score (nSPS) is 10.6. The van der Waals surface area contributed by atoms with Gasteiger partial charge >= 0.3 is 0 Å². The number of anilines is 1. The minimum atomic E-state index is -0.458. The Hall–Kier alpha value is -4.19. The highest BCUT2D eigenvalue weighted by molar-refractivity contribution is 6.04. The Morgan fingerprint density at radius 1 is 0.900 bits per heavy atom. The Labute approximate surface area is 172 Å². The summed E-state index contributed by atoms with van der Waals surface area (Å²) in [7, 11) is 0. The highest BCUT2D eigenvalue weighted by Crippen LogP contribution is 2.33. The van der Waals surface area contributed by atoms with E-state index >= 15 is 0 Å². The first kappa shape index (κ1) is 19.1. The van der Waals surface area contributed by atoms with Crippen molar-refractivity contribution in [3.8, 4) is 22.5 Å². The molecular weight excluding hydrogens is 380 g/mol. The van der Waals surface area contributed by atoms with Gasteiger partial charge in [0.1, 0.15) is 5.76 Å². The first-order valence-corrected chi connectivity index (χ1v) is 9.34. The molecule has 1 amide bonds. The van der Waals surface area contributed by atoms with Crippen molar-refractivity contribution in [2.45, 2.75) is 6.92 Å². The number of nitrogens with zero attached hydrogens (tertiary/aromatic N) is 1. The summed E-state index contributed by atoms with van der Waals surface area (Å²) < 4.78 is 5.66. The molecule has 0 spiro atoms. The van der Waals surface area contributed by atoms with Crippen molar-refractivity contribution in [1.82, 2.24) is 0 Å². The second-order valence-electron chi connectivity index (χ2n) is 6.81. The summed E-state index contributed by atoms with van der Waals surface area (Å²) in [6.07, 6.45) is 0. The number of hydrogen-bond acceptors (Lipinski definition) is 4. The monoisotopic (exact) mass is 398 g/mol. The van der Waals surface area contributed by atoms with Gasteiger partial charge in [0, 0.05) is 17.3 Å². The lowest BCUT2D eigenvalue weighted by molar-refractivity contribution is -0.384. The third-order valence-corrected chi connectivity index (χ3v) is 4.71. The Kier molecular flexibility index (Phi) is 5.13. The maximum Gasteiger partial charge on any atom is 0.291 e. The Morgan fingerprint density at radius 3 is 2.40 bits per heavy atom. The van der Waals surface area contributed by atoms with Crippen LogP contribution in [0.3, 0.4) is 0 Å². The van der Waals surface area contributed by atoms with E-state index in [0.717, 1.165) is 16.7 Å². The molecule has 0 radical (unpaired) electrons. The van der Waals surface area contributed by atoms with Crippen molar-refractivity contribution in [3.05, 3.63) is 106 Å². The molecule has 1 heterocycles. The smallest absolute Gasteiger partial charge is 0.291 e. The van der Waals surface area contributed by atoms with Gasteiger partial charge in [0.15, 0.2) is 5.76 Å². The molecule has 0 saturated carbocycles. The first-order chi connectivity index (χ1) is 14.5. The van der Waals surface area contributed by atoms with Gasteiger partial charge in [-0.3, -0.25) is 14.9 Å². The van der Waals surface area contributed by atoms with Crippen LogP contribution in [-0.4, -0.2) is 10.8 Å². The van der Waals surface area contributed by atoms with E-state index in [-0.39, 0.29) is 17.2 Å². The molecule has 0 fully saturated rings. The van der Waals surface area contributed by atoms with E-state index in [2.05, 4.69) is 5.32 Å². The van der Waals surface area contributed by atoms with E-state index in [0.29, 0.717) is 11.3 Å². The molecule has 0 aliphatic rings. The van der Waals surface area contributed by atoms with Crippen molar-refractivity contribution in [2.75, 3.05) is 5.32 Å². The van der Waals surface area contributed by atoms with Gasteiger partial charge in [-0.05, 0) is 42.3 Å². The molecule has 0 aliphatic heterocycles. The van der Waals surface area contributed by atoms with E-state index in [4.69, 9.17) is 4.42 Å². The van der Waals surface area contributed by atoms with Crippen LogP contribution in [0.5, 0.6) is 0 Å². The number of benzene rings is 3. The first-order valence-electron chi connectivity index (χ1n) is 9.34. The molecule has 3 aromatic carbocycles. The molecule has 148 valence electrons. The fourth-order valence-electron chi connectivity index (χ4n) is 3.25. The number of nitro groups is 1. The summed E-state index contributed by atoms with van der Waals surface area (Å²) in [6.45, 7) is 1.78. The third kappa shape index (κ3) is 3.84. The average molecular weight is 398 g/mol. The van der Waals surface area contributed by atoms with Crippen molar-refractivity contribution in [3.63, 3.8) is 0 Å². The maximum atomic E-state index is 12.8. The van der Waals surface area contributed by atoms with Gasteiger partial charge in [-0.2, -0.15) is 0 Å². The number of furan rings is 1. The number of amides is 1. The minimum Gasteiger partial charge on any atom is -0.451 e. The quantitative estimate of drug-likeness (QED) is 0.326. The van der Waals surface area contributed by atoms with Crippen LogP contribution < -0.4 is 5.32 Å². The molecule has 0 bridgehead atoms. The van der Waals surface area contributed by atoms with Crippen LogP contribution >= 0.6 is 0 Å². The Bertz CT molecular complexity index is 1230. The fourth-order valence-corrected chi connectivity index (χ4v) is 3.25. The van der Waals surface area contributed by atoms with Gasteiger partial charge in [0.25, 0.3) is 11.6 Å². The molecule has 0 saturated heterocycles. The number of rotatable bonds is 5. The third-order valence-electron chi connectivity index (χ3n) is 4.71. The molecule has 4 aromatic rings. The number of nitrogens with one attached hydrogen (secondary N) is 1. The van der Waals surface area contributed by atoms with Crippen molar-refractivity contribution >= 4 is 17.3 Å². The number of aryl methyl sites for hydroxylation is 1. The summed E-state index contributed by atoms with van der Waals surface area (Å²) in [5.74, 6) is -0.0923. The van der Waals surface area contributed by atoms with Crippen LogP contribution in [0.1, 0.15) is 16.1 Å². The molecule has 0 unspecified atom stereocenters. The SMILES string of the molecule is Cc1ccc(-c2ccc(C(=O)Nc3ccccc3-c3ccccc3)o2)c([N+](=O)[O-])c1. The highest BCUT2D eigenvalue weighted by Gasteiger charge is 2.20. The van der Waals surface area contributed by atoms with E-state index in [1.54, 1.807) is 25.1 Å². The Morgan fingerprint density at radius 2 is 1.63 bits per heavy atom. The molecule has 30 heavy (non-hydrogen) atoms. The number of nitro benzene ring substituents is 1. The second kappa shape index (κ2) is 8.05.